The minimum absolute atomic E-state index is 0.0461. The molecule has 7 unspecified atom stereocenters. The third-order valence-corrected chi connectivity index (χ3v) is 15.9. The van der Waals surface area contributed by atoms with E-state index in [0.717, 1.165) is 35.8 Å². The first-order valence-electron chi connectivity index (χ1n) is 21.4. The molecule has 4 aliphatic carbocycles. The van der Waals surface area contributed by atoms with Gasteiger partial charge in [0.05, 0.1) is 29.6 Å². The minimum Gasteiger partial charge on any atom is -0.481 e. The number of allylic oxidation sites excluding steroid dienone is 1. The molecule has 0 spiro atoms. The van der Waals surface area contributed by atoms with E-state index in [2.05, 4.69) is 13.0 Å². The molecule has 13 heteroatoms. The minimum atomic E-state index is -4.53. The van der Waals surface area contributed by atoms with E-state index >= 15 is 0 Å². The van der Waals surface area contributed by atoms with Crippen LogP contribution in [0.1, 0.15) is 70.1 Å². The van der Waals surface area contributed by atoms with Crippen LogP contribution in [0.4, 0.5) is 4.79 Å². The van der Waals surface area contributed by atoms with Gasteiger partial charge in [-0.3, -0.25) is 8.98 Å². The van der Waals surface area contributed by atoms with Gasteiger partial charge in [-0.2, -0.15) is 8.42 Å². The van der Waals surface area contributed by atoms with Gasteiger partial charge in [-0.15, -0.1) is 0 Å². The molecule has 4 fully saturated rings. The molecule has 3 aromatic rings. The number of carbonyl (C=O) groups is 3. The Hall–Kier alpha value is -4.40. The maximum Gasteiger partial charge on any atom is 0.509 e. The average molecular weight is 857 g/mol. The monoisotopic (exact) mass is 856 g/mol. The first kappa shape index (κ1) is 43.3. The van der Waals surface area contributed by atoms with Crippen molar-refractivity contribution in [1.29, 1.82) is 0 Å². The van der Waals surface area contributed by atoms with E-state index in [0.29, 0.717) is 18.4 Å². The number of aryl methyl sites for hydroxylation is 1. The number of ether oxygens (including phenoxy) is 5. The molecule has 8 rings (SSSR count). The highest BCUT2D eigenvalue weighted by atomic mass is 32.2. The standard InChI is InChI=1S/C48H56O12S/c1-29(2)39-22-35-23-46(27-49)38-21-18-31(4)37(38)24-47(35,48(39,46)44(50)51)28-57-43-42(59-45(52)56-26-34-14-10-7-11-15-34)41(60-61(53,54)36-19-16-30(3)17-20-36)40(32(5)58-43)55-25-33-12-8-6-9-13-33/h6-17,19-20,22,27,29,31-32,35,37-38,40-43H,18,21,23-26,28H2,1-5H3,(H,50,51)/t31?,32-,35?,37?,38?,40-,41-,42+,43-,46?,47?,48?/m1/s1. The van der Waals surface area contributed by atoms with Crippen LogP contribution >= 0.6 is 0 Å². The summed E-state index contributed by atoms with van der Waals surface area (Å²) in [6, 6.07) is 24.5. The molecular weight excluding hydrogens is 801 g/mol. The molecule has 326 valence electrons. The number of aldehydes is 1. The number of carboxylic acid groups (broad SMARTS) is 1. The molecule has 0 aromatic heterocycles. The summed E-state index contributed by atoms with van der Waals surface area (Å²) < 4.78 is 65.9. The van der Waals surface area contributed by atoms with Gasteiger partial charge < -0.3 is 33.6 Å². The Balaban J connectivity index is 1.18. The molecule has 61 heavy (non-hydrogen) atoms. The van der Waals surface area contributed by atoms with Crippen molar-refractivity contribution in [2.75, 3.05) is 6.61 Å². The Morgan fingerprint density at radius 1 is 0.869 bits per heavy atom. The molecule has 3 aromatic carbocycles. The van der Waals surface area contributed by atoms with Crippen LogP contribution in [-0.4, -0.2) is 69.2 Å². The lowest BCUT2D eigenvalue weighted by Crippen LogP contribution is -2.65. The van der Waals surface area contributed by atoms with Crippen molar-refractivity contribution in [3.63, 3.8) is 0 Å². The predicted molar refractivity (Wildman–Crippen MR) is 222 cm³/mol. The molecule has 12 nitrogen and oxygen atoms in total. The molecule has 1 saturated heterocycles. The molecule has 1 heterocycles. The highest BCUT2D eigenvalue weighted by molar-refractivity contribution is 7.86. The second-order valence-corrected chi connectivity index (χ2v) is 19.8. The van der Waals surface area contributed by atoms with Crippen LogP contribution in [0, 0.1) is 52.8 Å². The van der Waals surface area contributed by atoms with Crippen molar-refractivity contribution in [2.24, 2.45) is 45.8 Å². The van der Waals surface area contributed by atoms with E-state index in [1.54, 1.807) is 43.3 Å². The zero-order valence-electron chi connectivity index (χ0n) is 35.3. The molecule has 3 saturated carbocycles. The van der Waals surface area contributed by atoms with Crippen LogP contribution in [-0.2, 0) is 60.8 Å². The van der Waals surface area contributed by atoms with Crippen molar-refractivity contribution in [2.45, 2.75) is 109 Å². The van der Waals surface area contributed by atoms with Gasteiger partial charge in [-0.25, -0.2) is 4.79 Å². The highest BCUT2D eigenvalue weighted by Gasteiger charge is 2.84. The molecular formula is C48H56O12S. The van der Waals surface area contributed by atoms with Crippen LogP contribution < -0.4 is 0 Å². The molecule has 4 bridgehead atoms. The maximum absolute atomic E-state index is 14.2. The van der Waals surface area contributed by atoms with Crippen molar-refractivity contribution in [3.05, 3.63) is 113 Å². The van der Waals surface area contributed by atoms with Crippen LogP contribution in [0.15, 0.2) is 101 Å². The lowest BCUT2D eigenvalue weighted by molar-refractivity contribution is -0.307. The van der Waals surface area contributed by atoms with Gasteiger partial charge in [0, 0.05) is 5.41 Å². The highest BCUT2D eigenvalue weighted by Crippen LogP contribution is 2.82. The number of benzene rings is 3. The van der Waals surface area contributed by atoms with Crippen LogP contribution in [0.2, 0.25) is 0 Å². The van der Waals surface area contributed by atoms with E-state index in [1.807, 2.05) is 57.2 Å². The molecule has 5 aliphatic rings. The Kier molecular flexibility index (Phi) is 11.8. The second-order valence-electron chi connectivity index (χ2n) is 18.2. The molecule has 0 radical (unpaired) electrons. The quantitative estimate of drug-likeness (QED) is 0.0679. The van der Waals surface area contributed by atoms with Crippen LogP contribution in [0.25, 0.3) is 0 Å². The Bertz CT molecular complexity index is 2230. The number of hydrogen-bond donors (Lipinski definition) is 1. The maximum atomic E-state index is 14.2. The van der Waals surface area contributed by atoms with Gasteiger partial charge in [-0.05, 0) is 86.0 Å². The first-order valence-corrected chi connectivity index (χ1v) is 22.8. The van der Waals surface area contributed by atoms with Gasteiger partial charge in [0.1, 0.15) is 30.5 Å². The molecule has 1 N–H and O–H groups in total. The Morgan fingerprint density at radius 2 is 1.52 bits per heavy atom. The lowest BCUT2D eigenvalue weighted by Gasteiger charge is -2.58. The summed E-state index contributed by atoms with van der Waals surface area (Å²) in [5, 5.41) is 11.6. The van der Waals surface area contributed by atoms with Gasteiger partial charge in [0.15, 0.2) is 12.4 Å². The number of fused-ring (bicyclic) bond motifs is 2. The van der Waals surface area contributed by atoms with E-state index < -0.39 is 69.2 Å². The fourth-order valence-electron chi connectivity index (χ4n) is 12.0. The molecule has 0 amide bonds. The summed E-state index contributed by atoms with van der Waals surface area (Å²) in [7, 11) is -4.53. The summed E-state index contributed by atoms with van der Waals surface area (Å²) in [5.41, 5.74) is -0.688. The predicted octanol–water partition coefficient (Wildman–Crippen LogP) is 8.06. The summed E-state index contributed by atoms with van der Waals surface area (Å²) in [4.78, 5) is 41.5. The van der Waals surface area contributed by atoms with Gasteiger partial charge in [0.25, 0.3) is 10.1 Å². The number of aliphatic carboxylic acids is 1. The molecule has 12 atom stereocenters. The van der Waals surface area contributed by atoms with Gasteiger partial charge >= 0.3 is 12.1 Å². The normalized spacial score (nSPS) is 35.0. The third kappa shape index (κ3) is 7.23. The summed E-state index contributed by atoms with van der Waals surface area (Å²) in [5.74, 6) is -1.24. The largest absolute Gasteiger partial charge is 0.509 e. The zero-order valence-corrected chi connectivity index (χ0v) is 36.1. The topological polar surface area (TPSA) is 161 Å². The number of rotatable bonds is 15. The van der Waals surface area contributed by atoms with Gasteiger partial charge in [0.2, 0.25) is 0 Å². The van der Waals surface area contributed by atoms with Crippen molar-refractivity contribution < 1.29 is 55.8 Å². The van der Waals surface area contributed by atoms with Crippen molar-refractivity contribution in [1.82, 2.24) is 0 Å². The number of hydrogen-bond acceptors (Lipinski definition) is 11. The lowest BCUT2D eigenvalue weighted by atomic mass is 9.43. The first-order chi connectivity index (χ1) is 29.2. The zero-order chi connectivity index (χ0) is 43.3. The van der Waals surface area contributed by atoms with E-state index in [-0.39, 0.29) is 54.3 Å². The smallest absolute Gasteiger partial charge is 0.481 e. The van der Waals surface area contributed by atoms with Crippen LogP contribution in [0.3, 0.4) is 0 Å². The van der Waals surface area contributed by atoms with Crippen LogP contribution in [0.5, 0.6) is 0 Å². The van der Waals surface area contributed by atoms with Crippen molar-refractivity contribution in [3.8, 4) is 0 Å². The van der Waals surface area contributed by atoms with E-state index in [9.17, 15) is 27.9 Å². The van der Waals surface area contributed by atoms with E-state index in [1.165, 1.54) is 12.1 Å². The van der Waals surface area contributed by atoms with Crippen molar-refractivity contribution >= 4 is 28.5 Å². The summed E-state index contributed by atoms with van der Waals surface area (Å²) in [6.07, 6.45) is -2.14. The number of carboxylic acids is 1. The SMILES string of the molecule is Cc1ccc(S(=O)(=O)O[C@H]2[C@H](OC(=O)OCc3ccccc3)[C@H](OCC34CC5C(C)CCC5C5(C=O)CC3C=C(C(C)C)C54C(=O)O)O[C@H](C)[C@H]2OCc2ccccc2)cc1. The van der Waals surface area contributed by atoms with E-state index in [4.69, 9.17) is 27.9 Å². The third-order valence-electron chi connectivity index (χ3n) is 14.6. The average Bonchev–Trinajstić information content (AvgIpc) is 3.81. The Labute approximate surface area is 358 Å². The fraction of sp³-hybridized carbons (Fsp3) is 0.521. The molecule has 1 aliphatic heterocycles. The fourth-order valence-corrected chi connectivity index (χ4v) is 13.1. The second kappa shape index (κ2) is 16.7. The Morgan fingerprint density at radius 3 is 2.15 bits per heavy atom. The summed E-state index contributed by atoms with van der Waals surface area (Å²) >= 11 is 0. The summed E-state index contributed by atoms with van der Waals surface area (Å²) in [6.45, 7) is 9.38. The van der Waals surface area contributed by atoms with Gasteiger partial charge in [-0.1, -0.05) is 117 Å². The number of carbonyl (C=O) groups excluding carboxylic acids is 2.